The van der Waals surface area contributed by atoms with E-state index in [0.29, 0.717) is 0 Å². The molecular weight excluding hydrogens is 316 g/mol. The summed E-state index contributed by atoms with van der Waals surface area (Å²) < 4.78 is 0.933. The van der Waals surface area contributed by atoms with Crippen LogP contribution in [0.25, 0.3) is 0 Å². The molecule has 0 spiro atoms. The van der Waals surface area contributed by atoms with E-state index in [1.807, 2.05) is 0 Å². The first-order chi connectivity index (χ1) is 10.9. The second-order valence-electron chi connectivity index (χ2n) is 4.82. The monoisotopic (exact) mass is 328 g/mol. The van der Waals surface area contributed by atoms with E-state index in [1.165, 1.54) is 19.1 Å². The molecule has 0 bridgehead atoms. The normalized spacial score (nSPS) is 10.1. The number of aromatic nitrogens is 1. The van der Waals surface area contributed by atoms with Crippen LogP contribution in [-0.4, -0.2) is 15.5 Å². The zero-order chi connectivity index (χ0) is 17.1. The Hall–Kier alpha value is -2.84. The third kappa shape index (κ3) is 2.77. The lowest BCUT2D eigenvalue weighted by atomic mass is 9.97. The molecule has 1 heterocycles. The second kappa shape index (κ2) is 6.51. The van der Waals surface area contributed by atoms with E-state index in [2.05, 4.69) is 6.58 Å². The first kappa shape index (κ1) is 16.5. The van der Waals surface area contributed by atoms with Crippen LogP contribution in [-0.2, 0) is 6.54 Å². The summed E-state index contributed by atoms with van der Waals surface area (Å²) in [5.41, 5.74) is -0.672. The van der Waals surface area contributed by atoms with Crippen molar-refractivity contribution in [3.8, 4) is 11.9 Å². The van der Waals surface area contributed by atoms with E-state index < -0.39 is 17.2 Å². The van der Waals surface area contributed by atoms with E-state index in [4.69, 9.17) is 11.6 Å². The standard InChI is InChI=1S/C17H13ClN2O3/c1-3-8-20-16(22)12(9-19)10(2)14(17(20)23)15(21)11-6-4-5-7-13(11)18/h3-7,23H,1,8H2,2H3. The highest BCUT2D eigenvalue weighted by atomic mass is 35.5. The molecule has 2 aromatic rings. The van der Waals surface area contributed by atoms with Gasteiger partial charge in [0.1, 0.15) is 11.6 Å². The van der Waals surface area contributed by atoms with Crippen molar-refractivity contribution in [1.82, 2.24) is 4.57 Å². The number of hydrogen-bond acceptors (Lipinski definition) is 4. The van der Waals surface area contributed by atoms with Gasteiger partial charge in [-0.15, -0.1) is 6.58 Å². The summed E-state index contributed by atoms with van der Waals surface area (Å²) in [4.78, 5) is 25.0. The first-order valence-electron chi connectivity index (χ1n) is 6.70. The number of allylic oxidation sites excluding steroid dienone is 1. The summed E-state index contributed by atoms with van der Waals surface area (Å²) in [7, 11) is 0. The molecule has 0 saturated carbocycles. The zero-order valence-corrected chi connectivity index (χ0v) is 13.1. The van der Waals surface area contributed by atoms with Crippen LogP contribution < -0.4 is 5.56 Å². The first-order valence-corrected chi connectivity index (χ1v) is 7.08. The number of pyridine rings is 1. The Morgan fingerprint density at radius 3 is 2.70 bits per heavy atom. The lowest BCUT2D eigenvalue weighted by Crippen LogP contribution is -2.26. The number of rotatable bonds is 4. The van der Waals surface area contributed by atoms with Crippen molar-refractivity contribution in [2.45, 2.75) is 13.5 Å². The van der Waals surface area contributed by atoms with Crippen molar-refractivity contribution >= 4 is 17.4 Å². The molecule has 116 valence electrons. The van der Waals surface area contributed by atoms with Gasteiger partial charge in [-0.3, -0.25) is 14.2 Å². The fourth-order valence-electron chi connectivity index (χ4n) is 2.30. The predicted octanol–water partition coefficient (Wildman–Crippen LogP) is 2.80. The van der Waals surface area contributed by atoms with Crippen LogP contribution in [0.5, 0.6) is 5.88 Å². The SMILES string of the molecule is C=CCn1c(O)c(C(=O)c2ccccc2Cl)c(C)c(C#N)c1=O. The van der Waals surface area contributed by atoms with Gasteiger partial charge in [0.25, 0.3) is 5.56 Å². The van der Waals surface area contributed by atoms with E-state index >= 15 is 0 Å². The van der Waals surface area contributed by atoms with Crippen LogP contribution in [0.2, 0.25) is 5.02 Å². The Kier molecular flexibility index (Phi) is 4.68. The van der Waals surface area contributed by atoms with Gasteiger partial charge >= 0.3 is 0 Å². The molecule has 0 unspecified atom stereocenters. The van der Waals surface area contributed by atoms with Crippen LogP contribution in [0.15, 0.2) is 41.7 Å². The highest BCUT2D eigenvalue weighted by Crippen LogP contribution is 2.27. The number of carbonyl (C=O) groups is 1. The minimum absolute atomic E-state index is 0.0254. The Balaban J connectivity index is 2.82. The van der Waals surface area contributed by atoms with Gasteiger partial charge in [-0.1, -0.05) is 29.8 Å². The molecule has 2 rings (SSSR count). The quantitative estimate of drug-likeness (QED) is 0.691. The molecule has 0 aliphatic heterocycles. The number of hydrogen-bond donors (Lipinski definition) is 1. The van der Waals surface area contributed by atoms with Crippen LogP contribution in [0.3, 0.4) is 0 Å². The second-order valence-corrected chi connectivity index (χ2v) is 5.23. The van der Waals surface area contributed by atoms with Crippen LogP contribution in [0.4, 0.5) is 0 Å². The maximum absolute atomic E-state index is 12.7. The van der Waals surface area contributed by atoms with Crippen molar-refractivity contribution in [2.24, 2.45) is 0 Å². The minimum atomic E-state index is -0.668. The summed E-state index contributed by atoms with van der Waals surface area (Å²) in [5, 5.41) is 19.8. The lowest BCUT2D eigenvalue weighted by Gasteiger charge is -2.14. The summed E-state index contributed by atoms with van der Waals surface area (Å²) in [6, 6.07) is 8.15. The average Bonchev–Trinajstić information content (AvgIpc) is 2.52. The number of nitriles is 1. The number of benzene rings is 1. The third-order valence-electron chi connectivity index (χ3n) is 3.46. The molecule has 0 aliphatic rings. The largest absolute Gasteiger partial charge is 0.494 e. The summed E-state index contributed by atoms with van der Waals surface area (Å²) in [6.07, 6.45) is 1.39. The van der Waals surface area contributed by atoms with Crippen molar-refractivity contribution in [2.75, 3.05) is 0 Å². The van der Waals surface area contributed by atoms with Crippen molar-refractivity contribution < 1.29 is 9.90 Å². The highest BCUT2D eigenvalue weighted by Gasteiger charge is 2.25. The maximum Gasteiger partial charge on any atom is 0.271 e. The smallest absolute Gasteiger partial charge is 0.271 e. The molecule has 0 atom stereocenters. The predicted molar refractivity (Wildman–Crippen MR) is 86.9 cm³/mol. The Bertz CT molecular complexity index is 907. The van der Waals surface area contributed by atoms with Gasteiger partial charge in [-0.05, 0) is 24.6 Å². The van der Waals surface area contributed by atoms with E-state index in [-0.39, 0.29) is 33.8 Å². The summed E-state index contributed by atoms with van der Waals surface area (Å²) in [6.45, 7) is 4.92. The lowest BCUT2D eigenvalue weighted by molar-refractivity contribution is 0.103. The van der Waals surface area contributed by atoms with Crippen LogP contribution in [0.1, 0.15) is 27.0 Å². The fraction of sp³-hybridized carbons (Fsp3) is 0.118. The third-order valence-corrected chi connectivity index (χ3v) is 3.79. The Labute approximate surface area is 137 Å². The molecule has 0 fully saturated rings. The molecule has 0 amide bonds. The molecule has 1 N–H and O–H groups in total. The molecule has 23 heavy (non-hydrogen) atoms. The molecule has 0 aliphatic carbocycles. The molecule has 0 radical (unpaired) electrons. The number of aromatic hydroxyl groups is 1. The maximum atomic E-state index is 12.7. The van der Waals surface area contributed by atoms with E-state index in [0.717, 1.165) is 4.57 Å². The zero-order valence-electron chi connectivity index (χ0n) is 12.3. The molecule has 5 nitrogen and oxygen atoms in total. The highest BCUT2D eigenvalue weighted by molar-refractivity contribution is 6.35. The van der Waals surface area contributed by atoms with Gasteiger partial charge in [0, 0.05) is 12.1 Å². The van der Waals surface area contributed by atoms with Gasteiger partial charge in [0.15, 0.2) is 5.78 Å². The van der Waals surface area contributed by atoms with E-state index in [1.54, 1.807) is 24.3 Å². The van der Waals surface area contributed by atoms with E-state index in [9.17, 15) is 20.0 Å². The molecule has 1 aromatic heterocycles. The fourth-order valence-corrected chi connectivity index (χ4v) is 2.52. The molecule has 6 heteroatoms. The number of nitrogens with zero attached hydrogens (tertiary/aromatic N) is 2. The van der Waals surface area contributed by atoms with Gasteiger partial charge in [0.2, 0.25) is 5.88 Å². The topological polar surface area (TPSA) is 83.1 Å². The molecule has 0 saturated heterocycles. The van der Waals surface area contributed by atoms with Crippen molar-refractivity contribution in [3.63, 3.8) is 0 Å². The number of ketones is 1. The van der Waals surface area contributed by atoms with Gasteiger partial charge in [-0.2, -0.15) is 5.26 Å². The Morgan fingerprint density at radius 2 is 2.13 bits per heavy atom. The van der Waals surface area contributed by atoms with Crippen molar-refractivity contribution in [1.29, 1.82) is 5.26 Å². The summed E-state index contributed by atoms with van der Waals surface area (Å²) >= 11 is 6.03. The average molecular weight is 329 g/mol. The molecule has 1 aromatic carbocycles. The molecular formula is C17H13ClN2O3. The minimum Gasteiger partial charge on any atom is -0.494 e. The van der Waals surface area contributed by atoms with Crippen LogP contribution >= 0.6 is 11.6 Å². The number of halogens is 1. The number of carbonyl (C=O) groups excluding carboxylic acids is 1. The van der Waals surface area contributed by atoms with Gasteiger partial charge < -0.3 is 5.11 Å². The van der Waals surface area contributed by atoms with Gasteiger partial charge in [-0.25, -0.2) is 0 Å². The van der Waals surface area contributed by atoms with Gasteiger partial charge in [0.05, 0.1) is 10.6 Å². The summed E-state index contributed by atoms with van der Waals surface area (Å²) in [5.74, 6) is -1.06. The van der Waals surface area contributed by atoms with Crippen LogP contribution in [0, 0.1) is 18.3 Å². The Morgan fingerprint density at radius 1 is 1.48 bits per heavy atom. The van der Waals surface area contributed by atoms with Crippen molar-refractivity contribution in [3.05, 3.63) is 74.6 Å².